The second-order valence-electron chi connectivity index (χ2n) is 8.09. The minimum Gasteiger partial charge on any atom is -0.374 e. The number of nitrogens with zero attached hydrogens (tertiary/aromatic N) is 2. The van der Waals surface area contributed by atoms with Crippen LogP contribution >= 0.6 is 24.0 Å². The molecule has 3 N–H and O–H groups in total. The van der Waals surface area contributed by atoms with E-state index in [1.54, 1.807) is 0 Å². The molecule has 1 amide bonds. The molecule has 1 aliphatic carbocycles. The van der Waals surface area contributed by atoms with Crippen LogP contribution in [0.15, 0.2) is 4.99 Å². The SMILES string of the molecule is CCNC(=NCC1CN(CC(C)C)CCO1)NCCC(=O)NC1CCCC1.I. The summed E-state index contributed by atoms with van der Waals surface area (Å²) < 4.78 is 5.87. The molecule has 1 atom stereocenters. The third kappa shape index (κ3) is 10.2. The van der Waals surface area contributed by atoms with Gasteiger partial charge in [0.15, 0.2) is 5.96 Å². The Morgan fingerprint density at radius 3 is 2.68 bits per heavy atom. The van der Waals surface area contributed by atoms with Gasteiger partial charge in [-0.1, -0.05) is 26.7 Å². The lowest BCUT2D eigenvalue weighted by Gasteiger charge is -2.33. The number of ether oxygens (including phenoxy) is 1. The van der Waals surface area contributed by atoms with Crippen molar-refractivity contribution in [2.24, 2.45) is 10.9 Å². The highest BCUT2D eigenvalue weighted by Crippen LogP contribution is 2.17. The lowest BCUT2D eigenvalue weighted by atomic mass is 10.2. The number of nitrogens with one attached hydrogen (secondary N) is 3. The molecule has 164 valence electrons. The van der Waals surface area contributed by atoms with E-state index in [1.165, 1.54) is 12.8 Å². The maximum Gasteiger partial charge on any atom is 0.221 e. The number of guanidine groups is 1. The molecule has 1 unspecified atom stereocenters. The number of aliphatic imine (C=N–C) groups is 1. The summed E-state index contributed by atoms with van der Waals surface area (Å²) in [6.07, 6.45) is 5.33. The van der Waals surface area contributed by atoms with E-state index in [0.29, 0.717) is 31.5 Å². The fourth-order valence-electron chi connectivity index (χ4n) is 3.77. The predicted molar refractivity (Wildman–Crippen MR) is 125 cm³/mol. The van der Waals surface area contributed by atoms with Crippen LogP contribution in [0.4, 0.5) is 0 Å². The quantitative estimate of drug-likeness (QED) is 0.252. The van der Waals surface area contributed by atoms with Gasteiger partial charge < -0.3 is 20.7 Å². The van der Waals surface area contributed by atoms with E-state index in [9.17, 15) is 4.79 Å². The average molecular weight is 509 g/mol. The van der Waals surface area contributed by atoms with Crippen molar-refractivity contribution in [1.29, 1.82) is 0 Å². The van der Waals surface area contributed by atoms with E-state index in [-0.39, 0.29) is 36.0 Å². The standard InChI is InChI=1S/C20H39N5O2.HI/c1-4-21-20(22-10-9-19(26)24-17-7-5-6-8-17)23-13-18-15-25(11-12-27-18)14-16(2)3;/h16-18H,4-15H2,1-3H3,(H,24,26)(H2,21,22,23);1H. The molecule has 2 aliphatic rings. The van der Waals surface area contributed by atoms with Crippen LogP contribution in [0.3, 0.4) is 0 Å². The predicted octanol–water partition coefficient (Wildman–Crippen LogP) is 1.97. The number of amides is 1. The Morgan fingerprint density at radius 2 is 2.00 bits per heavy atom. The van der Waals surface area contributed by atoms with Crippen LogP contribution < -0.4 is 16.0 Å². The maximum atomic E-state index is 12.0. The fourth-order valence-corrected chi connectivity index (χ4v) is 3.77. The van der Waals surface area contributed by atoms with Crippen LogP contribution in [0, 0.1) is 5.92 Å². The Bertz CT molecular complexity index is 470. The molecule has 1 heterocycles. The monoisotopic (exact) mass is 509 g/mol. The van der Waals surface area contributed by atoms with Gasteiger partial charge in [-0.2, -0.15) is 0 Å². The zero-order chi connectivity index (χ0) is 19.5. The van der Waals surface area contributed by atoms with Crippen LogP contribution in [0.1, 0.15) is 52.9 Å². The molecule has 0 bridgehead atoms. The van der Waals surface area contributed by atoms with Gasteiger partial charge in [0, 0.05) is 45.2 Å². The van der Waals surface area contributed by atoms with E-state index in [0.717, 1.165) is 51.6 Å². The van der Waals surface area contributed by atoms with Crippen molar-refractivity contribution >= 4 is 35.8 Å². The van der Waals surface area contributed by atoms with Crippen molar-refractivity contribution in [3.63, 3.8) is 0 Å². The highest BCUT2D eigenvalue weighted by Gasteiger charge is 2.21. The van der Waals surface area contributed by atoms with Crippen molar-refractivity contribution in [2.75, 3.05) is 45.9 Å². The van der Waals surface area contributed by atoms with Gasteiger partial charge in [-0.3, -0.25) is 14.7 Å². The van der Waals surface area contributed by atoms with E-state index in [4.69, 9.17) is 4.74 Å². The number of carbonyl (C=O) groups is 1. The molecule has 1 saturated heterocycles. The van der Waals surface area contributed by atoms with Crippen LogP contribution in [0.2, 0.25) is 0 Å². The van der Waals surface area contributed by atoms with Crippen molar-refractivity contribution < 1.29 is 9.53 Å². The summed E-state index contributed by atoms with van der Waals surface area (Å²) in [7, 11) is 0. The molecule has 0 aromatic rings. The first-order valence-electron chi connectivity index (χ1n) is 10.7. The van der Waals surface area contributed by atoms with Crippen molar-refractivity contribution in [2.45, 2.75) is 65.0 Å². The fraction of sp³-hybridized carbons (Fsp3) is 0.900. The molecule has 2 fully saturated rings. The van der Waals surface area contributed by atoms with Gasteiger partial charge in [0.1, 0.15) is 0 Å². The number of halogens is 1. The first-order chi connectivity index (χ1) is 13.1. The minimum atomic E-state index is 0. The first-order valence-corrected chi connectivity index (χ1v) is 10.7. The summed E-state index contributed by atoms with van der Waals surface area (Å²) in [6, 6.07) is 0.386. The van der Waals surface area contributed by atoms with Crippen molar-refractivity contribution in [3.8, 4) is 0 Å². The van der Waals surface area contributed by atoms with E-state index in [2.05, 4.69) is 39.7 Å². The Morgan fingerprint density at radius 1 is 1.25 bits per heavy atom. The molecular formula is C20H40IN5O2. The van der Waals surface area contributed by atoms with Crippen LogP contribution in [-0.4, -0.2) is 74.8 Å². The molecule has 0 aromatic carbocycles. The smallest absolute Gasteiger partial charge is 0.221 e. The molecule has 0 aromatic heterocycles. The van der Waals surface area contributed by atoms with Crippen molar-refractivity contribution in [1.82, 2.24) is 20.9 Å². The summed E-state index contributed by atoms with van der Waals surface area (Å²) in [5, 5.41) is 9.64. The third-order valence-corrected chi connectivity index (χ3v) is 5.01. The van der Waals surface area contributed by atoms with E-state index >= 15 is 0 Å². The number of carbonyl (C=O) groups excluding carboxylic acids is 1. The van der Waals surface area contributed by atoms with Gasteiger partial charge in [-0.05, 0) is 25.7 Å². The number of hydrogen-bond acceptors (Lipinski definition) is 4. The van der Waals surface area contributed by atoms with Gasteiger partial charge >= 0.3 is 0 Å². The number of morpholine rings is 1. The molecule has 7 nitrogen and oxygen atoms in total. The van der Waals surface area contributed by atoms with Gasteiger partial charge in [-0.25, -0.2) is 0 Å². The Labute approximate surface area is 187 Å². The molecule has 2 rings (SSSR count). The lowest BCUT2D eigenvalue weighted by molar-refractivity contribution is -0.121. The van der Waals surface area contributed by atoms with E-state index in [1.807, 2.05) is 6.92 Å². The summed E-state index contributed by atoms with van der Waals surface area (Å²) >= 11 is 0. The topological polar surface area (TPSA) is 78.0 Å². The second-order valence-corrected chi connectivity index (χ2v) is 8.09. The average Bonchev–Trinajstić information content (AvgIpc) is 3.12. The number of rotatable bonds is 9. The Hall–Kier alpha value is -0.610. The van der Waals surface area contributed by atoms with Crippen LogP contribution in [0.5, 0.6) is 0 Å². The Kier molecular flexibility index (Phi) is 13.1. The second kappa shape index (κ2) is 14.4. The molecule has 28 heavy (non-hydrogen) atoms. The first kappa shape index (κ1) is 25.4. The molecular weight excluding hydrogens is 469 g/mol. The third-order valence-electron chi connectivity index (χ3n) is 5.01. The highest BCUT2D eigenvalue weighted by atomic mass is 127. The van der Waals surface area contributed by atoms with E-state index < -0.39 is 0 Å². The highest BCUT2D eigenvalue weighted by molar-refractivity contribution is 14.0. The maximum absolute atomic E-state index is 12.0. The normalized spacial score (nSPS) is 21.4. The number of hydrogen-bond donors (Lipinski definition) is 3. The summed E-state index contributed by atoms with van der Waals surface area (Å²) in [5.41, 5.74) is 0. The van der Waals surface area contributed by atoms with Crippen LogP contribution in [-0.2, 0) is 9.53 Å². The largest absolute Gasteiger partial charge is 0.374 e. The zero-order valence-corrected chi connectivity index (χ0v) is 20.2. The summed E-state index contributed by atoms with van der Waals surface area (Å²) in [6.45, 7) is 12.4. The van der Waals surface area contributed by atoms with Crippen molar-refractivity contribution in [3.05, 3.63) is 0 Å². The van der Waals surface area contributed by atoms with Gasteiger partial charge in [0.2, 0.25) is 5.91 Å². The zero-order valence-electron chi connectivity index (χ0n) is 17.8. The Balaban J connectivity index is 0.00000392. The molecule has 1 aliphatic heterocycles. The van der Waals surface area contributed by atoms with Gasteiger partial charge in [0.25, 0.3) is 0 Å². The molecule has 1 saturated carbocycles. The minimum absolute atomic E-state index is 0. The molecule has 8 heteroatoms. The van der Waals surface area contributed by atoms with Gasteiger partial charge in [-0.15, -0.1) is 24.0 Å². The summed E-state index contributed by atoms with van der Waals surface area (Å²) in [5.74, 6) is 1.56. The molecule has 0 radical (unpaired) electrons. The summed E-state index contributed by atoms with van der Waals surface area (Å²) in [4.78, 5) is 19.2. The van der Waals surface area contributed by atoms with Crippen LogP contribution in [0.25, 0.3) is 0 Å². The lowest BCUT2D eigenvalue weighted by Crippen LogP contribution is -2.46. The van der Waals surface area contributed by atoms with Gasteiger partial charge in [0.05, 0.1) is 19.3 Å². The molecule has 0 spiro atoms.